The summed E-state index contributed by atoms with van der Waals surface area (Å²) < 4.78 is 10.9. The van der Waals surface area contributed by atoms with E-state index >= 15 is 0 Å². The van der Waals surface area contributed by atoms with Crippen LogP contribution < -0.4 is 14.9 Å². The third-order valence-corrected chi connectivity index (χ3v) is 4.78. The molecule has 0 aromatic heterocycles. The summed E-state index contributed by atoms with van der Waals surface area (Å²) in [5.41, 5.74) is 3.98. The molecule has 1 amide bonds. The molecule has 0 saturated heterocycles. The van der Waals surface area contributed by atoms with Crippen molar-refractivity contribution in [3.8, 4) is 11.5 Å². The number of hydrazone groups is 1. The fourth-order valence-corrected chi connectivity index (χ4v) is 2.89. The first kappa shape index (κ1) is 23.0. The van der Waals surface area contributed by atoms with Gasteiger partial charge in [0.25, 0.3) is 5.91 Å². The van der Waals surface area contributed by atoms with Gasteiger partial charge in [-0.1, -0.05) is 37.1 Å². The lowest BCUT2D eigenvalue weighted by molar-refractivity contribution is 0.0734. The lowest BCUT2D eigenvalue weighted by Gasteiger charge is -2.06. The van der Waals surface area contributed by atoms with Crippen molar-refractivity contribution in [2.45, 2.75) is 19.8 Å². The largest absolute Gasteiger partial charge is 0.494 e. The Kier molecular flexibility index (Phi) is 8.40. The van der Waals surface area contributed by atoms with E-state index in [4.69, 9.17) is 21.1 Å². The maximum absolute atomic E-state index is 12.2. The van der Waals surface area contributed by atoms with E-state index in [9.17, 15) is 9.59 Å². The number of esters is 1. The van der Waals surface area contributed by atoms with Gasteiger partial charge in [0.2, 0.25) is 0 Å². The van der Waals surface area contributed by atoms with Gasteiger partial charge in [-0.15, -0.1) is 0 Å². The molecule has 0 bridgehead atoms. The lowest BCUT2D eigenvalue weighted by Crippen LogP contribution is -2.17. The van der Waals surface area contributed by atoms with E-state index in [1.807, 2.05) is 0 Å². The first-order valence-corrected chi connectivity index (χ1v) is 10.6. The highest BCUT2D eigenvalue weighted by atomic mass is 35.5. The fourth-order valence-electron chi connectivity index (χ4n) is 2.68. The van der Waals surface area contributed by atoms with Crippen molar-refractivity contribution >= 4 is 29.7 Å². The Morgan fingerprint density at radius 2 is 1.66 bits per heavy atom. The Morgan fingerprint density at radius 1 is 0.969 bits per heavy atom. The van der Waals surface area contributed by atoms with E-state index in [-0.39, 0.29) is 5.91 Å². The van der Waals surface area contributed by atoms with Crippen molar-refractivity contribution in [3.05, 3.63) is 94.5 Å². The topological polar surface area (TPSA) is 77.0 Å². The Balaban J connectivity index is 1.50. The second-order valence-corrected chi connectivity index (χ2v) is 7.27. The summed E-state index contributed by atoms with van der Waals surface area (Å²) in [5, 5.41) is 4.30. The van der Waals surface area contributed by atoms with Crippen molar-refractivity contribution in [1.82, 2.24) is 5.43 Å². The highest BCUT2D eigenvalue weighted by Gasteiger charge is 2.12. The molecule has 0 radical (unpaired) electrons. The number of rotatable bonds is 9. The number of unbranched alkanes of at least 4 members (excludes halogenated alkanes) is 1. The van der Waals surface area contributed by atoms with E-state index in [1.165, 1.54) is 6.21 Å². The van der Waals surface area contributed by atoms with Crippen molar-refractivity contribution in [2.75, 3.05) is 6.61 Å². The number of nitrogens with zero attached hydrogens (tertiary/aromatic N) is 1. The van der Waals surface area contributed by atoms with Gasteiger partial charge in [0.1, 0.15) is 11.5 Å². The predicted octanol–water partition coefficient (Wildman–Crippen LogP) is 5.50. The molecule has 0 spiro atoms. The van der Waals surface area contributed by atoms with Crippen LogP contribution in [0.3, 0.4) is 0 Å². The number of hydrogen-bond donors (Lipinski definition) is 1. The average molecular weight is 451 g/mol. The van der Waals surface area contributed by atoms with E-state index in [0.717, 1.165) is 24.2 Å². The smallest absolute Gasteiger partial charge is 0.345 e. The third kappa shape index (κ3) is 6.68. The van der Waals surface area contributed by atoms with Crippen LogP contribution in [-0.4, -0.2) is 24.7 Å². The molecule has 0 saturated carbocycles. The molecule has 164 valence electrons. The third-order valence-electron chi connectivity index (χ3n) is 4.45. The minimum Gasteiger partial charge on any atom is -0.494 e. The molecule has 3 aromatic rings. The molecule has 1 N–H and O–H groups in total. The summed E-state index contributed by atoms with van der Waals surface area (Å²) in [7, 11) is 0. The molecule has 0 heterocycles. The van der Waals surface area contributed by atoms with Crippen molar-refractivity contribution in [1.29, 1.82) is 0 Å². The van der Waals surface area contributed by atoms with Crippen LogP contribution in [0.5, 0.6) is 11.5 Å². The monoisotopic (exact) mass is 450 g/mol. The minimum absolute atomic E-state index is 0.295. The number of halogens is 1. The summed E-state index contributed by atoms with van der Waals surface area (Å²) in [6.07, 6.45) is 3.55. The van der Waals surface area contributed by atoms with Gasteiger partial charge in [-0.05, 0) is 72.6 Å². The molecule has 7 heteroatoms. The number of ether oxygens (including phenoxy) is 2. The van der Waals surface area contributed by atoms with Crippen molar-refractivity contribution < 1.29 is 19.1 Å². The van der Waals surface area contributed by atoms with Gasteiger partial charge in [-0.3, -0.25) is 4.79 Å². The molecular weight excluding hydrogens is 428 g/mol. The van der Waals surface area contributed by atoms with Gasteiger partial charge in [0, 0.05) is 5.56 Å². The van der Waals surface area contributed by atoms with Gasteiger partial charge in [-0.25, -0.2) is 10.2 Å². The summed E-state index contributed by atoms with van der Waals surface area (Å²) in [6.45, 7) is 2.76. The normalized spacial score (nSPS) is 10.7. The summed E-state index contributed by atoms with van der Waals surface area (Å²) in [6, 6.07) is 20.3. The van der Waals surface area contributed by atoms with Gasteiger partial charge >= 0.3 is 5.97 Å². The summed E-state index contributed by atoms with van der Waals surface area (Å²) in [4.78, 5) is 24.4. The van der Waals surface area contributed by atoms with E-state index in [1.54, 1.807) is 72.8 Å². The Morgan fingerprint density at radius 3 is 2.34 bits per heavy atom. The Labute approximate surface area is 191 Å². The van der Waals surface area contributed by atoms with Crippen molar-refractivity contribution in [2.24, 2.45) is 5.10 Å². The highest BCUT2D eigenvalue weighted by molar-refractivity contribution is 6.33. The van der Waals surface area contributed by atoms with Crippen molar-refractivity contribution in [3.63, 3.8) is 0 Å². The highest BCUT2D eigenvalue weighted by Crippen LogP contribution is 2.19. The molecule has 0 aliphatic rings. The van der Waals surface area contributed by atoms with Gasteiger partial charge in [0.05, 0.1) is 23.4 Å². The molecule has 3 aromatic carbocycles. The first-order chi connectivity index (χ1) is 15.6. The Bertz CT molecular complexity index is 1080. The zero-order valence-corrected chi connectivity index (χ0v) is 18.3. The predicted molar refractivity (Wildman–Crippen MR) is 125 cm³/mol. The van der Waals surface area contributed by atoms with Crippen LogP contribution in [0.25, 0.3) is 0 Å². The fraction of sp³-hybridized carbons (Fsp3) is 0.160. The zero-order chi connectivity index (χ0) is 22.8. The van der Waals surface area contributed by atoms with Crippen LogP contribution in [0.15, 0.2) is 77.9 Å². The van der Waals surface area contributed by atoms with E-state index < -0.39 is 5.97 Å². The van der Waals surface area contributed by atoms with Gasteiger partial charge in [0.15, 0.2) is 0 Å². The van der Waals surface area contributed by atoms with Crippen LogP contribution in [0.4, 0.5) is 0 Å². The molecule has 3 rings (SSSR count). The molecule has 0 unspecified atom stereocenters. The number of hydrogen-bond acceptors (Lipinski definition) is 5. The second kappa shape index (κ2) is 11.7. The number of amides is 1. The molecule has 0 aliphatic heterocycles. The SMILES string of the molecule is CCCCOc1ccc(C(=O)N/N=C/c2ccc(OC(=O)c3ccccc3Cl)cc2)cc1. The van der Waals surface area contributed by atoms with E-state index in [2.05, 4.69) is 17.5 Å². The maximum atomic E-state index is 12.2. The number of benzene rings is 3. The van der Waals surface area contributed by atoms with E-state index in [0.29, 0.717) is 28.5 Å². The molecule has 0 atom stereocenters. The average Bonchev–Trinajstić information content (AvgIpc) is 2.81. The van der Waals surface area contributed by atoms with Crippen LogP contribution in [-0.2, 0) is 0 Å². The number of carbonyl (C=O) groups excluding carboxylic acids is 2. The zero-order valence-electron chi connectivity index (χ0n) is 17.6. The van der Waals surface area contributed by atoms with Gasteiger partial charge in [-0.2, -0.15) is 5.10 Å². The second-order valence-electron chi connectivity index (χ2n) is 6.86. The standard InChI is InChI=1S/C25H23ClN2O4/c1-2-3-16-31-20-14-10-19(11-15-20)24(29)28-27-17-18-8-12-21(13-9-18)32-25(30)22-6-4-5-7-23(22)26/h4-15,17H,2-3,16H2,1H3,(H,28,29)/b27-17+. The maximum Gasteiger partial charge on any atom is 0.345 e. The van der Waals surface area contributed by atoms with Crippen LogP contribution in [0.2, 0.25) is 5.02 Å². The Hall–Kier alpha value is -3.64. The minimum atomic E-state index is -0.536. The molecular formula is C25H23ClN2O4. The van der Waals surface area contributed by atoms with Crippen LogP contribution >= 0.6 is 11.6 Å². The van der Waals surface area contributed by atoms with Crippen LogP contribution in [0.1, 0.15) is 46.0 Å². The quantitative estimate of drug-likeness (QED) is 0.153. The lowest BCUT2D eigenvalue weighted by atomic mass is 10.2. The first-order valence-electron chi connectivity index (χ1n) is 10.2. The van der Waals surface area contributed by atoms with Crippen LogP contribution in [0, 0.1) is 0 Å². The van der Waals surface area contributed by atoms with Gasteiger partial charge < -0.3 is 9.47 Å². The summed E-state index contributed by atoms with van der Waals surface area (Å²) in [5.74, 6) is 0.240. The summed E-state index contributed by atoms with van der Waals surface area (Å²) >= 11 is 6.01. The number of carbonyl (C=O) groups is 2. The molecule has 0 fully saturated rings. The molecule has 0 aliphatic carbocycles. The molecule has 32 heavy (non-hydrogen) atoms. The number of nitrogens with one attached hydrogen (secondary N) is 1. The molecule has 6 nitrogen and oxygen atoms in total.